The first-order valence-corrected chi connectivity index (χ1v) is 15.9. The summed E-state index contributed by atoms with van der Waals surface area (Å²) in [7, 11) is 4.96. The summed E-state index contributed by atoms with van der Waals surface area (Å²) in [5.41, 5.74) is 5.02. The molecule has 1 fully saturated rings. The molecule has 0 amide bonds. The lowest BCUT2D eigenvalue weighted by Crippen LogP contribution is -2.38. The molecule has 1 aliphatic rings. The van der Waals surface area contributed by atoms with Crippen LogP contribution in [-0.2, 0) is 19.6 Å². The molecular weight excluding hydrogens is 625 g/mol. The Morgan fingerprint density at radius 1 is 0.957 bits per heavy atom. The normalized spacial score (nSPS) is 17.4. The van der Waals surface area contributed by atoms with Crippen LogP contribution >= 0.6 is 23.2 Å². The van der Waals surface area contributed by atoms with Gasteiger partial charge in [0, 0.05) is 48.6 Å². The molecule has 0 saturated carbocycles. The molecule has 0 spiro atoms. The Bertz CT molecular complexity index is 1870. The van der Waals surface area contributed by atoms with Crippen molar-refractivity contribution in [1.29, 1.82) is 0 Å². The smallest absolute Gasteiger partial charge is 0.177 e. The van der Waals surface area contributed by atoms with Crippen LogP contribution in [0.2, 0.25) is 10.0 Å². The lowest BCUT2D eigenvalue weighted by Gasteiger charge is -2.36. The van der Waals surface area contributed by atoms with Crippen LogP contribution in [0.1, 0.15) is 41.8 Å². The van der Waals surface area contributed by atoms with Gasteiger partial charge in [0.2, 0.25) is 0 Å². The molecule has 0 aliphatic carbocycles. The van der Waals surface area contributed by atoms with Crippen molar-refractivity contribution in [3.63, 3.8) is 0 Å². The summed E-state index contributed by atoms with van der Waals surface area (Å²) >= 11 is 13.0. The monoisotopic (exact) mass is 661 g/mol. The van der Waals surface area contributed by atoms with E-state index in [0.29, 0.717) is 40.3 Å². The molecule has 5 aromatic rings. The average molecular weight is 663 g/mol. The van der Waals surface area contributed by atoms with E-state index in [-0.39, 0.29) is 5.92 Å². The number of imidazole rings is 1. The largest absolute Gasteiger partial charge is 0.497 e. The summed E-state index contributed by atoms with van der Waals surface area (Å²) in [6.45, 7) is 5.88. The lowest BCUT2D eigenvalue weighted by molar-refractivity contribution is 0.153. The van der Waals surface area contributed by atoms with Gasteiger partial charge in [-0.1, -0.05) is 42.3 Å². The second-order valence-corrected chi connectivity index (χ2v) is 12.4. The van der Waals surface area contributed by atoms with Crippen LogP contribution in [-0.4, -0.2) is 63.8 Å². The molecule has 1 aliphatic heterocycles. The number of benzene rings is 2. The van der Waals surface area contributed by atoms with Crippen LogP contribution in [0.3, 0.4) is 0 Å². The van der Waals surface area contributed by atoms with Crippen LogP contribution in [0.25, 0.3) is 11.2 Å². The number of hydrogen-bond donors (Lipinski definition) is 1. The number of pyridine rings is 1. The first kappa shape index (κ1) is 31.8. The molecular formula is C34H37Cl2N7O3. The molecule has 0 bridgehead atoms. The SMILES string of the molecule is COc1ccc(CN2CCC(c3nc4c([nH]3)c(=NCc3ccc(OC)cc3OC)ncn4Cc3c(Cl)cncc3Cl)[C@@H](C)C2)cc1. The van der Waals surface area contributed by atoms with Crippen molar-refractivity contribution in [2.75, 3.05) is 34.4 Å². The van der Waals surface area contributed by atoms with Crippen molar-refractivity contribution < 1.29 is 14.2 Å². The highest BCUT2D eigenvalue weighted by Crippen LogP contribution is 2.33. The molecule has 6 rings (SSSR count). The van der Waals surface area contributed by atoms with Gasteiger partial charge in [-0.3, -0.25) is 14.9 Å². The average Bonchev–Trinajstić information content (AvgIpc) is 3.52. The van der Waals surface area contributed by atoms with Gasteiger partial charge in [0.05, 0.1) is 50.8 Å². The number of aromatic amines is 1. The zero-order chi connectivity index (χ0) is 32.2. The van der Waals surface area contributed by atoms with Crippen LogP contribution < -0.4 is 19.7 Å². The van der Waals surface area contributed by atoms with Crippen molar-refractivity contribution >= 4 is 34.4 Å². The minimum Gasteiger partial charge on any atom is -0.497 e. The fourth-order valence-electron chi connectivity index (χ4n) is 6.07. The number of halogens is 2. The highest BCUT2D eigenvalue weighted by molar-refractivity contribution is 6.35. The highest BCUT2D eigenvalue weighted by Gasteiger charge is 2.30. The van der Waals surface area contributed by atoms with E-state index < -0.39 is 0 Å². The molecule has 3 aromatic heterocycles. The third-order valence-corrected chi connectivity index (χ3v) is 9.25. The third-order valence-electron chi connectivity index (χ3n) is 8.60. The summed E-state index contributed by atoms with van der Waals surface area (Å²) < 4.78 is 18.2. The second-order valence-electron chi connectivity index (χ2n) is 11.5. The number of hydrogen-bond acceptors (Lipinski definition) is 8. The number of methoxy groups -OCH3 is 3. The minimum atomic E-state index is 0.246. The van der Waals surface area contributed by atoms with E-state index in [1.54, 1.807) is 40.1 Å². The Hall–Kier alpha value is -4.12. The summed E-state index contributed by atoms with van der Waals surface area (Å²) in [4.78, 5) is 25.1. The number of piperidine rings is 1. The summed E-state index contributed by atoms with van der Waals surface area (Å²) in [5, 5.41) is 0.976. The number of rotatable bonds is 10. The number of aromatic nitrogens is 5. The summed E-state index contributed by atoms with van der Waals surface area (Å²) in [5.74, 6) is 3.84. The van der Waals surface area contributed by atoms with E-state index >= 15 is 0 Å². The number of likely N-dealkylation sites (tertiary alicyclic amines) is 1. The van der Waals surface area contributed by atoms with Gasteiger partial charge in [0.25, 0.3) is 0 Å². The molecule has 1 N–H and O–H groups in total. The minimum absolute atomic E-state index is 0.246. The van der Waals surface area contributed by atoms with Crippen molar-refractivity contribution in [1.82, 2.24) is 29.4 Å². The number of nitrogens with zero attached hydrogens (tertiary/aromatic N) is 6. The predicted octanol–water partition coefficient (Wildman–Crippen LogP) is 6.26. The first-order chi connectivity index (χ1) is 22.4. The molecule has 1 saturated heterocycles. The first-order valence-electron chi connectivity index (χ1n) is 15.2. The van der Waals surface area contributed by atoms with Gasteiger partial charge in [-0.15, -0.1) is 0 Å². The van der Waals surface area contributed by atoms with Gasteiger partial charge < -0.3 is 23.8 Å². The van der Waals surface area contributed by atoms with Crippen molar-refractivity contribution in [3.05, 3.63) is 99.2 Å². The van der Waals surface area contributed by atoms with Crippen molar-refractivity contribution in [3.8, 4) is 17.2 Å². The van der Waals surface area contributed by atoms with E-state index in [9.17, 15) is 0 Å². The molecule has 0 radical (unpaired) electrons. The van der Waals surface area contributed by atoms with Crippen molar-refractivity contribution in [2.45, 2.75) is 38.9 Å². The van der Waals surface area contributed by atoms with Crippen LogP contribution in [0, 0.1) is 5.92 Å². The molecule has 46 heavy (non-hydrogen) atoms. The van der Waals surface area contributed by atoms with Gasteiger partial charge in [-0.2, -0.15) is 0 Å². The maximum Gasteiger partial charge on any atom is 0.177 e. The second kappa shape index (κ2) is 14.1. The van der Waals surface area contributed by atoms with Gasteiger partial charge in [0.15, 0.2) is 11.1 Å². The van der Waals surface area contributed by atoms with Gasteiger partial charge in [0.1, 0.15) is 28.6 Å². The maximum atomic E-state index is 6.50. The molecule has 10 nitrogen and oxygen atoms in total. The molecule has 240 valence electrons. The number of nitrogens with one attached hydrogen (secondary N) is 1. The number of ether oxygens (including phenoxy) is 3. The van der Waals surface area contributed by atoms with E-state index in [2.05, 4.69) is 33.9 Å². The summed E-state index contributed by atoms with van der Waals surface area (Å²) in [6.07, 6.45) is 5.90. The third kappa shape index (κ3) is 6.84. The molecule has 12 heteroatoms. The standard InChI is InChI=1S/C34H37Cl2N7O3/c1-21-17-42(18-22-5-8-24(44-2)9-6-22)12-11-26(21)32-40-31-33(38-14-23-7-10-25(45-3)13-30(23)46-4)39-20-43(34(31)41-32)19-27-28(35)15-37-16-29(27)36/h5-10,13,15-16,20-21,26H,11-12,14,17-19H2,1-4H3,(H,40,41)/t21-,26?/m0/s1. The quantitative estimate of drug-likeness (QED) is 0.188. The maximum absolute atomic E-state index is 6.50. The zero-order valence-corrected chi connectivity index (χ0v) is 27.8. The Labute approximate surface area is 278 Å². The Morgan fingerprint density at radius 2 is 1.70 bits per heavy atom. The lowest BCUT2D eigenvalue weighted by atomic mass is 9.86. The van der Waals surface area contributed by atoms with E-state index in [1.807, 2.05) is 34.9 Å². The van der Waals surface area contributed by atoms with E-state index in [1.165, 1.54) is 5.56 Å². The zero-order valence-electron chi connectivity index (χ0n) is 26.3. The molecule has 4 heterocycles. The number of fused-ring (bicyclic) bond motifs is 1. The fraction of sp³-hybridized carbons (Fsp3) is 0.353. The van der Waals surface area contributed by atoms with E-state index in [0.717, 1.165) is 65.7 Å². The number of H-pyrrole nitrogens is 1. The molecule has 1 unspecified atom stereocenters. The van der Waals surface area contributed by atoms with Gasteiger partial charge >= 0.3 is 0 Å². The van der Waals surface area contributed by atoms with Gasteiger partial charge in [-0.25, -0.2) is 9.97 Å². The topological polar surface area (TPSA) is 103 Å². The summed E-state index contributed by atoms with van der Waals surface area (Å²) in [6, 6.07) is 14.0. The predicted molar refractivity (Wildman–Crippen MR) is 179 cm³/mol. The highest BCUT2D eigenvalue weighted by atomic mass is 35.5. The Kier molecular flexibility index (Phi) is 9.77. The van der Waals surface area contributed by atoms with Crippen LogP contribution in [0.5, 0.6) is 17.2 Å². The Balaban J connectivity index is 1.32. The van der Waals surface area contributed by atoms with Crippen LogP contribution in [0.15, 0.2) is 66.2 Å². The van der Waals surface area contributed by atoms with Crippen LogP contribution in [0.4, 0.5) is 0 Å². The molecule has 2 atom stereocenters. The van der Waals surface area contributed by atoms with E-state index in [4.69, 9.17) is 52.4 Å². The molecule has 2 aromatic carbocycles. The van der Waals surface area contributed by atoms with Crippen molar-refractivity contribution in [2.24, 2.45) is 10.9 Å². The van der Waals surface area contributed by atoms with Gasteiger partial charge in [-0.05, 0) is 48.7 Å². The Morgan fingerprint density at radius 3 is 2.39 bits per heavy atom. The fourth-order valence-corrected chi connectivity index (χ4v) is 6.56.